The molecule has 0 bridgehead atoms. The van der Waals surface area contributed by atoms with Gasteiger partial charge in [0.05, 0.1) is 6.04 Å². The summed E-state index contributed by atoms with van der Waals surface area (Å²) in [4.78, 5) is 0. The first-order valence-corrected chi connectivity index (χ1v) is 7.55. The Kier molecular flexibility index (Phi) is 5.23. The summed E-state index contributed by atoms with van der Waals surface area (Å²) in [5, 5.41) is 17.4. The summed E-state index contributed by atoms with van der Waals surface area (Å²) in [5.74, 6) is 0.439. The maximum absolute atomic E-state index is 10.2. The lowest BCUT2D eigenvalue weighted by atomic mass is 9.83. The van der Waals surface area contributed by atoms with Crippen LogP contribution in [0.2, 0.25) is 0 Å². The highest BCUT2D eigenvalue weighted by Crippen LogP contribution is 2.36. The highest BCUT2D eigenvalue weighted by Gasteiger charge is 2.30. The molecule has 106 valence electrons. The number of hydrogen-bond acceptors (Lipinski definition) is 3. The van der Waals surface area contributed by atoms with E-state index in [1.54, 1.807) is 0 Å². The predicted octanol–water partition coefficient (Wildman–Crippen LogP) is 2.75. The Morgan fingerprint density at radius 3 is 2.63 bits per heavy atom. The van der Waals surface area contributed by atoms with Crippen molar-refractivity contribution in [2.24, 2.45) is 0 Å². The second-order valence-corrected chi connectivity index (χ2v) is 5.38. The number of phenols is 1. The molecule has 19 heavy (non-hydrogen) atoms. The first-order valence-electron chi connectivity index (χ1n) is 7.55. The molecule has 1 aliphatic carbocycles. The van der Waals surface area contributed by atoms with Crippen molar-refractivity contribution in [3.8, 4) is 5.75 Å². The van der Waals surface area contributed by atoms with Crippen molar-refractivity contribution in [1.29, 1.82) is 0 Å². The van der Waals surface area contributed by atoms with E-state index in [1.165, 1.54) is 5.56 Å². The zero-order valence-corrected chi connectivity index (χ0v) is 12.1. The fourth-order valence-corrected chi connectivity index (χ4v) is 2.95. The summed E-state index contributed by atoms with van der Waals surface area (Å²) in [6.45, 7) is 6.40. The SMILES string of the molecule is CCCNC1CCc2cccc(O)c2C1NCCC. The Morgan fingerprint density at radius 1 is 1.16 bits per heavy atom. The number of phenolic OH excluding ortho intramolecular Hbond substituents is 1. The molecule has 0 saturated heterocycles. The van der Waals surface area contributed by atoms with Gasteiger partial charge in [-0.15, -0.1) is 0 Å². The Hall–Kier alpha value is -1.06. The molecule has 0 aliphatic heterocycles. The van der Waals surface area contributed by atoms with E-state index in [-0.39, 0.29) is 6.04 Å². The lowest BCUT2D eigenvalue weighted by molar-refractivity contribution is 0.329. The van der Waals surface area contributed by atoms with Gasteiger partial charge in [-0.05, 0) is 50.4 Å². The Labute approximate surface area is 116 Å². The lowest BCUT2D eigenvalue weighted by Gasteiger charge is -2.35. The van der Waals surface area contributed by atoms with E-state index in [0.29, 0.717) is 11.8 Å². The molecular weight excluding hydrogens is 236 g/mol. The van der Waals surface area contributed by atoms with Crippen molar-refractivity contribution < 1.29 is 5.11 Å². The van der Waals surface area contributed by atoms with Crippen LogP contribution in [0, 0.1) is 0 Å². The molecule has 3 nitrogen and oxygen atoms in total. The normalized spacial score (nSPS) is 22.2. The van der Waals surface area contributed by atoms with Gasteiger partial charge in [0.15, 0.2) is 0 Å². The van der Waals surface area contributed by atoms with E-state index in [9.17, 15) is 5.11 Å². The van der Waals surface area contributed by atoms with Crippen molar-refractivity contribution in [3.05, 3.63) is 29.3 Å². The van der Waals surface area contributed by atoms with Gasteiger partial charge in [0.25, 0.3) is 0 Å². The maximum Gasteiger partial charge on any atom is 0.120 e. The van der Waals surface area contributed by atoms with E-state index >= 15 is 0 Å². The van der Waals surface area contributed by atoms with Crippen molar-refractivity contribution in [1.82, 2.24) is 10.6 Å². The molecule has 1 aromatic rings. The number of hydrogen-bond donors (Lipinski definition) is 3. The van der Waals surface area contributed by atoms with Crippen LogP contribution in [0.15, 0.2) is 18.2 Å². The van der Waals surface area contributed by atoms with Gasteiger partial charge >= 0.3 is 0 Å². The quantitative estimate of drug-likeness (QED) is 0.738. The fraction of sp³-hybridized carbons (Fsp3) is 0.625. The first kappa shape index (κ1) is 14.4. The van der Waals surface area contributed by atoms with Crippen LogP contribution < -0.4 is 10.6 Å². The third-order valence-corrected chi connectivity index (χ3v) is 3.88. The highest BCUT2D eigenvalue weighted by atomic mass is 16.3. The number of rotatable bonds is 6. The maximum atomic E-state index is 10.2. The molecule has 2 atom stereocenters. The second-order valence-electron chi connectivity index (χ2n) is 5.38. The minimum atomic E-state index is 0.233. The largest absolute Gasteiger partial charge is 0.508 e. The molecule has 1 aromatic carbocycles. The number of aromatic hydroxyl groups is 1. The summed E-state index contributed by atoms with van der Waals surface area (Å²) >= 11 is 0. The van der Waals surface area contributed by atoms with Crippen molar-refractivity contribution in [2.45, 2.75) is 51.6 Å². The molecule has 1 aliphatic rings. The summed E-state index contributed by atoms with van der Waals surface area (Å²) in [6.07, 6.45) is 4.44. The van der Waals surface area contributed by atoms with Gasteiger partial charge in [-0.1, -0.05) is 26.0 Å². The number of aryl methyl sites for hydroxylation is 1. The number of benzene rings is 1. The van der Waals surface area contributed by atoms with E-state index in [1.807, 2.05) is 12.1 Å². The zero-order chi connectivity index (χ0) is 13.7. The molecule has 0 spiro atoms. The van der Waals surface area contributed by atoms with Crippen LogP contribution in [0.25, 0.3) is 0 Å². The van der Waals surface area contributed by atoms with E-state index in [0.717, 1.165) is 44.3 Å². The van der Waals surface area contributed by atoms with Crippen LogP contribution in [0.3, 0.4) is 0 Å². The summed E-state index contributed by atoms with van der Waals surface area (Å²) in [7, 11) is 0. The average Bonchev–Trinajstić information content (AvgIpc) is 2.43. The average molecular weight is 262 g/mol. The van der Waals surface area contributed by atoms with Gasteiger partial charge in [-0.2, -0.15) is 0 Å². The summed E-state index contributed by atoms with van der Waals surface area (Å²) in [5.41, 5.74) is 2.40. The molecule has 2 rings (SSSR count). The monoisotopic (exact) mass is 262 g/mol. The number of nitrogens with one attached hydrogen (secondary N) is 2. The molecule has 0 amide bonds. The van der Waals surface area contributed by atoms with Gasteiger partial charge in [-0.25, -0.2) is 0 Å². The van der Waals surface area contributed by atoms with Gasteiger partial charge in [-0.3, -0.25) is 0 Å². The molecule has 0 heterocycles. The fourth-order valence-electron chi connectivity index (χ4n) is 2.95. The van der Waals surface area contributed by atoms with E-state index in [4.69, 9.17) is 0 Å². The van der Waals surface area contributed by atoms with Crippen LogP contribution in [0.5, 0.6) is 5.75 Å². The molecular formula is C16H26N2O. The summed E-state index contributed by atoms with van der Waals surface area (Å²) < 4.78 is 0. The minimum absolute atomic E-state index is 0.233. The van der Waals surface area contributed by atoms with Crippen LogP contribution in [0.1, 0.15) is 50.3 Å². The van der Waals surface area contributed by atoms with Gasteiger partial charge in [0, 0.05) is 11.6 Å². The van der Waals surface area contributed by atoms with E-state index < -0.39 is 0 Å². The van der Waals surface area contributed by atoms with Crippen LogP contribution in [-0.4, -0.2) is 24.2 Å². The highest BCUT2D eigenvalue weighted by molar-refractivity contribution is 5.44. The molecule has 0 aromatic heterocycles. The lowest BCUT2D eigenvalue weighted by Crippen LogP contribution is -2.45. The molecule has 0 saturated carbocycles. The smallest absolute Gasteiger partial charge is 0.120 e. The van der Waals surface area contributed by atoms with Crippen LogP contribution in [-0.2, 0) is 6.42 Å². The third kappa shape index (κ3) is 3.28. The van der Waals surface area contributed by atoms with Crippen molar-refractivity contribution in [3.63, 3.8) is 0 Å². The Morgan fingerprint density at radius 2 is 1.89 bits per heavy atom. The second kappa shape index (κ2) is 6.92. The van der Waals surface area contributed by atoms with Gasteiger partial charge in [0.2, 0.25) is 0 Å². The van der Waals surface area contributed by atoms with Crippen molar-refractivity contribution >= 4 is 0 Å². The molecule has 3 N–H and O–H groups in total. The molecule has 0 radical (unpaired) electrons. The Balaban J connectivity index is 2.23. The standard InChI is InChI=1S/C16H26N2O/c1-3-10-17-13-9-8-12-6-5-7-14(19)15(12)16(13)18-11-4-2/h5-7,13,16-19H,3-4,8-11H2,1-2H3. The van der Waals surface area contributed by atoms with E-state index in [2.05, 4.69) is 30.5 Å². The van der Waals surface area contributed by atoms with Crippen molar-refractivity contribution in [2.75, 3.05) is 13.1 Å². The summed E-state index contributed by atoms with van der Waals surface area (Å²) in [6, 6.07) is 6.56. The Bertz CT molecular complexity index is 406. The van der Waals surface area contributed by atoms with Gasteiger partial charge in [0.1, 0.15) is 5.75 Å². The number of fused-ring (bicyclic) bond motifs is 1. The molecule has 3 heteroatoms. The topological polar surface area (TPSA) is 44.3 Å². The minimum Gasteiger partial charge on any atom is -0.508 e. The molecule has 0 fully saturated rings. The third-order valence-electron chi connectivity index (χ3n) is 3.88. The van der Waals surface area contributed by atoms with Crippen LogP contribution in [0.4, 0.5) is 0 Å². The molecule has 2 unspecified atom stereocenters. The van der Waals surface area contributed by atoms with Gasteiger partial charge < -0.3 is 15.7 Å². The zero-order valence-electron chi connectivity index (χ0n) is 12.1. The predicted molar refractivity (Wildman–Crippen MR) is 79.5 cm³/mol. The van der Waals surface area contributed by atoms with Crippen LogP contribution >= 0.6 is 0 Å². The first-order chi connectivity index (χ1) is 9.27.